The zero-order valence-corrected chi connectivity index (χ0v) is 12.2. The molecule has 0 fully saturated rings. The number of hydrogen-bond donors (Lipinski definition) is 1. The smallest absolute Gasteiger partial charge is 0.307 e. The highest BCUT2D eigenvalue weighted by Gasteiger charge is 2.14. The van der Waals surface area contributed by atoms with E-state index < -0.39 is 6.04 Å². The lowest BCUT2D eigenvalue weighted by molar-refractivity contribution is -0.143. The van der Waals surface area contributed by atoms with E-state index in [0.717, 1.165) is 5.56 Å². The number of ether oxygens (including phenoxy) is 3. The Morgan fingerprint density at radius 2 is 1.89 bits per heavy atom. The van der Waals surface area contributed by atoms with Crippen molar-refractivity contribution in [3.8, 4) is 11.5 Å². The SMILES string of the molecule is CCOC(=O)CC(N)c1ccc(OC)c(OC)c1.Cl. The largest absolute Gasteiger partial charge is 0.493 e. The van der Waals surface area contributed by atoms with E-state index >= 15 is 0 Å². The molecule has 1 aromatic carbocycles. The van der Waals surface area contributed by atoms with Gasteiger partial charge in [-0.15, -0.1) is 12.4 Å². The lowest BCUT2D eigenvalue weighted by Crippen LogP contribution is -2.17. The Hall–Kier alpha value is -1.46. The number of carbonyl (C=O) groups is 1. The zero-order chi connectivity index (χ0) is 13.5. The van der Waals surface area contributed by atoms with Gasteiger partial charge in [0, 0.05) is 6.04 Å². The molecule has 0 spiro atoms. The summed E-state index contributed by atoms with van der Waals surface area (Å²) in [5.41, 5.74) is 6.75. The van der Waals surface area contributed by atoms with Crippen LogP contribution in [0.4, 0.5) is 0 Å². The van der Waals surface area contributed by atoms with E-state index in [4.69, 9.17) is 19.9 Å². The summed E-state index contributed by atoms with van der Waals surface area (Å²) in [5, 5.41) is 0. The van der Waals surface area contributed by atoms with E-state index in [1.807, 2.05) is 6.07 Å². The second-order valence-corrected chi connectivity index (χ2v) is 3.73. The number of esters is 1. The first-order valence-electron chi connectivity index (χ1n) is 5.75. The predicted octanol–water partition coefficient (Wildman–Crippen LogP) is 2.08. The van der Waals surface area contributed by atoms with Crippen molar-refractivity contribution < 1.29 is 19.0 Å². The van der Waals surface area contributed by atoms with Crippen molar-refractivity contribution in [2.24, 2.45) is 5.73 Å². The molecule has 6 heteroatoms. The summed E-state index contributed by atoms with van der Waals surface area (Å²) in [6.45, 7) is 2.12. The average molecular weight is 290 g/mol. The molecule has 0 aliphatic heterocycles. The summed E-state index contributed by atoms with van der Waals surface area (Å²) >= 11 is 0. The van der Waals surface area contributed by atoms with Gasteiger partial charge in [0.25, 0.3) is 0 Å². The second kappa shape index (κ2) is 8.61. The molecule has 0 amide bonds. The molecule has 0 aromatic heterocycles. The van der Waals surface area contributed by atoms with E-state index in [0.29, 0.717) is 18.1 Å². The van der Waals surface area contributed by atoms with Gasteiger partial charge in [-0.05, 0) is 24.6 Å². The van der Waals surface area contributed by atoms with Gasteiger partial charge in [0.05, 0.1) is 27.2 Å². The molecule has 108 valence electrons. The number of halogens is 1. The molecule has 0 saturated carbocycles. The van der Waals surface area contributed by atoms with E-state index in [2.05, 4.69) is 0 Å². The Morgan fingerprint density at radius 3 is 2.42 bits per heavy atom. The molecule has 0 aliphatic carbocycles. The van der Waals surface area contributed by atoms with E-state index in [1.54, 1.807) is 33.3 Å². The fraction of sp³-hybridized carbons (Fsp3) is 0.462. The average Bonchev–Trinajstić information content (AvgIpc) is 2.38. The number of methoxy groups -OCH3 is 2. The van der Waals surface area contributed by atoms with E-state index in [1.165, 1.54) is 0 Å². The van der Waals surface area contributed by atoms with Crippen molar-refractivity contribution in [1.82, 2.24) is 0 Å². The van der Waals surface area contributed by atoms with Crippen LogP contribution in [0, 0.1) is 0 Å². The van der Waals surface area contributed by atoms with Gasteiger partial charge in [0.15, 0.2) is 11.5 Å². The molecule has 1 rings (SSSR count). The standard InChI is InChI=1S/C13H19NO4.ClH/c1-4-18-13(15)8-10(14)9-5-6-11(16-2)12(7-9)17-3;/h5-7,10H,4,8,14H2,1-3H3;1H. The van der Waals surface area contributed by atoms with Crippen LogP contribution in [0.2, 0.25) is 0 Å². The number of carbonyl (C=O) groups excluding carboxylic acids is 1. The van der Waals surface area contributed by atoms with Gasteiger partial charge in [-0.1, -0.05) is 6.07 Å². The highest BCUT2D eigenvalue weighted by atomic mass is 35.5. The van der Waals surface area contributed by atoms with Crippen molar-refractivity contribution in [1.29, 1.82) is 0 Å². The maximum Gasteiger partial charge on any atom is 0.307 e. The molecule has 19 heavy (non-hydrogen) atoms. The third kappa shape index (κ3) is 4.96. The minimum Gasteiger partial charge on any atom is -0.493 e. The molecule has 1 atom stereocenters. The molecule has 0 radical (unpaired) electrons. The molecular weight excluding hydrogens is 270 g/mol. The summed E-state index contributed by atoms with van der Waals surface area (Å²) in [7, 11) is 3.12. The predicted molar refractivity (Wildman–Crippen MR) is 75.0 cm³/mol. The molecule has 0 aliphatic rings. The summed E-state index contributed by atoms with van der Waals surface area (Å²) in [4.78, 5) is 11.3. The van der Waals surface area contributed by atoms with Crippen LogP contribution in [0.1, 0.15) is 24.9 Å². The molecule has 0 saturated heterocycles. The van der Waals surface area contributed by atoms with Gasteiger partial charge in [-0.2, -0.15) is 0 Å². The lowest BCUT2D eigenvalue weighted by atomic mass is 10.0. The monoisotopic (exact) mass is 289 g/mol. The highest BCUT2D eigenvalue weighted by molar-refractivity contribution is 5.85. The summed E-state index contributed by atoms with van der Waals surface area (Å²) in [6.07, 6.45) is 0.142. The van der Waals surface area contributed by atoms with Gasteiger partial charge in [-0.3, -0.25) is 4.79 Å². The van der Waals surface area contributed by atoms with Crippen LogP contribution >= 0.6 is 12.4 Å². The van der Waals surface area contributed by atoms with Gasteiger partial charge >= 0.3 is 5.97 Å². The van der Waals surface area contributed by atoms with Crippen molar-refractivity contribution in [3.05, 3.63) is 23.8 Å². The Balaban J connectivity index is 0.00000324. The fourth-order valence-electron chi connectivity index (χ4n) is 1.60. The quantitative estimate of drug-likeness (QED) is 0.812. The first kappa shape index (κ1) is 17.5. The summed E-state index contributed by atoms with van der Waals surface area (Å²) in [5.74, 6) is 0.915. The fourth-order valence-corrected chi connectivity index (χ4v) is 1.60. The molecular formula is C13H20ClNO4. The minimum atomic E-state index is -0.413. The molecule has 5 nitrogen and oxygen atoms in total. The van der Waals surface area contributed by atoms with Crippen LogP contribution in [0.5, 0.6) is 11.5 Å². The van der Waals surface area contributed by atoms with Gasteiger partial charge in [-0.25, -0.2) is 0 Å². The molecule has 1 aromatic rings. The maximum absolute atomic E-state index is 11.3. The summed E-state index contributed by atoms with van der Waals surface area (Å²) in [6, 6.07) is 4.93. The molecule has 0 heterocycles. The Bertz CT molecular complexity index is 412. The van der Waals surface area contributed by atoms with Crippen LogP contribution in [0.3, 0.4) is 0 Å². The van der Waals surface area contributed by atoms with Crippen LogP contribution < -0.4 is 15.2 Å². The van der Waals surface area contributed by atoms with Crippen molar-refractivity contribution in [3.63, 3.8) is 0 Å². The van der Waals surface area contributed by atoms with Crippen LogP contribution in [0.25, 0.3) is 0 Å². The normalized spacial score (nSPS) is 11.2. The van der Waals surface area contributed by atoms with E-state index in [-0.39, 0.29) is 24.8 Å². The van der Waals surface area contributed by atoms with Gasteiger partial charge < -0.3 is 19.9 Å². The van der Waals surface area contributed by atoms with Gasteiger partial charge in [0.2, 0.25) is 0 Å². The van der Waals surface area contributed by atoms with Gasteiger partial charge in [0.1, 0.15) is 0 Å². The number of rotatable bonds is 6. The molecule has 1 unspecified atom stereocenters. The van der Waals surface area contributed by atoms with Crippen LogP contribution in [-0.4, -0.2) is 26.8 Å². The lowest BCUT2D eigenvalue weighted by Gasteiger charge is -2.14. The molecule has 0 bridgehead atoms. The third-order valence-electron chi connectivity index (χ3n) is 2.53. The Labute approximate surface area is 119 Å². The number of hydrogen-bond acceptors (Lipinski definition) is 5. The third-order valence-corrected chi connectivity index (χ3v) is 2.53. The number of nitrogens with two attached hydrogens (primary N) is 1. The topological polar surface area (TPSA) is 70.8 Å². The van der Waals surface area contributed by atoms with Crippen LogP contribution in [-0.2, 0) is 9.53 Å². The first-order chi connectivity index (χ1) is 8.62. The Morgan fingerprint density at radius 1 is 1.26 bits per heavy atom. The Kier molecular flexibility index (Phi) is 7.95. The minimum absolute atomic E-state index is 0. The zero-order valence-electron chi connectivity index (χ0n) is 11.3. The highest BCUT2D eigenvalue weighted by Crippen LogP contribution is 2.30. The van der Waals surface area contributed by atoms with Crippen LogP contribution in [0.15, 0.2) is 18.2 Å². The van der Waals surface area contributed by atoms with Crippen molar-refractivity contribution in [2.75, 3.05) is 20.8 Å². The maximum atomic E-state index is 11.3. The number of benzene rings is 1. The molecule has 2 N–H and O–H groups in total. The summed E-state index contributed by atoms with van der Waals surface area (Å²) < 4.78 is 15.2. The van der Waals surface area contributed by atoms with E-state index in [9.17, 15) is 4.79 Å². The first-order valence-corrected chi connectivity index (χ1v) is 5.75. The van der Waals surface area contributed by atoms with Crippen molar-refractivity contribution >= 4 is 18.4 Å². The second-order valence-electron chi connectivity index (χ2n) is 3.73. The van der Waals surface area contributed by atoms with Crippen molar-refractivity contribution in [2.45, 2.75) is 19.4 Å².